The van der Waals surface area contributed by atoms with Crippen molar-refractivity contribution in [2.75, 3.05) is 18.5 Å². The van der Waals surface area contributed by atoms with Crippen LogP contribution in [0.2, 0.25) is 0 Å². The van der Waals surface area contributed by atoms with E-state index in [1.54, 1.807) is 0 Å². The molecule has 0 spiro atoms. The van der Waals surface area contributed by atoms with Gasteiger partial charge in [-0.05, 0) is 23.6 Å². The Bertz CT molecular complexity index is 374. The van der Waals surface area contributed by atoms with Gasteiger partial charge in [-0.25, -0.2) is 0 Å². The fourth-order valence-corrected chi connectivity index (χ4v) is 2.10. The van der Waals surface area contributed by atoms with Crippen molar-refractivity contribution >= 4 is 22.9 Å². The van der Waals surface area contributed by atoms with Gasteiger partial charge < -0.3 is 10.6 Å². The number of thiocarbonyl (C=S) groups is 1. The third-order valence-corrected chi connectivity index (χ3v) is 2.79. The normalized spacial score (nSPS) is 14.2. The second kappa shape index (κ2) is 3.58. The van der Waals surface area contributed by atoms with Gasteiger partial charge in [0, 0.05) is 25.7 Å². The smallest absolute Gasteiger partial charge is 0.0771 e. The zero-order valence-electron chi connectivity index (χ0n) is 8.29. The van der Waals surface area contributed by atoms with Crippen molar-refractivity contribution in [2.24, 2.45) is 5.73 Å². The molecule has 0 radical (unpaired) electrons. The van der Waals surface area contributed by atoms with Crippen molar-refractivity contribution in [1.82, 2.24) is 0 Å². The maximum atomic E-state index is 5.52. The van der Waals surface area contributed by atoms with Gasteiger partial charge in [0.05, 0.1) is 4.99 Å². The summed E-state index contributed by atoms with van der Waals surface area (Å²) in [5, 5.41) is 0. The van der Waals surface area contributed by atoms with Gasteiger partial charge in [-0.1, -0.05) is 24.4 Å². The van der Waals surface area contributed by atoms with E-state index in [0.717, 1.165) is 13.0 Å². The fourth-order valence-electron chi connectivity index (χ4n) is 1.93. The largest absolute Gasteiger partial charge is 0.393 e. The van der Waals surface area contributed by atoms with Crippen LogP contribution >= 0.6 is 12.2 Å². The molecule has 0 bridgehead atoms. The number of rotatable bonds is 2. The predicted molar refractivity (Wildman–Crippen MR) is 63.9 cm³/mol. The van der Waals surface area contributed by atoms with E-state index in [2.05, 4.69) is 30.1 Å². The summed E-state index contributed by atoms with van der Waals surface area (Å²) >= 11 is 4.90. The highest BCUT2D eigenvalue weighted by Gasteiger charge is 2.15. The number of fused-ring (bicyclic) bond motifs is 1. The first kappa shape index (κ1) is 9.46. The minimum Gasteiger partial charge on any atom is -0.393 e. The van der Waals surface area contributed by atoms with E-state index in [4.69, 9.17) is 18.0 Å². The molecule has 2 rings (SSSR count). The Morgan fingerprint density at radius 2 is 2.36 bits per heavy atom. The molecule has 0 fully saturated rings. The predicted octanol–water partition coefficient (Wildman–Crippen LogP) is 1.51. The lowest BCUT2D eigenvalue weighted by Gasteiger charge is -2.11. The molecule has 0 saturated carbocycles. The van der Waals surface area contributed by atoms with Crippen molar-refractivity contribution in [2.45, 2.75) is 12.8 Å². The number of likely N-dealkylation sites (N-methyl/N-ethyl adjacent to an activating group) is 1. The zero-order valence-corrected chi connectivity index (χ0v) is 9.10. The zero-order chi connectivity index (χ0) is 10.1. The van der Waals surface area contributed by atoms with Crippen molar-refractivity contribution in [1.29, 1.82) is 0 Å². The lowest BCUT2D eigenvalue weighted by Crippen LogP contribution is -2.12. The van der Waals surface area contributed by atoms with Crippen LogP contribution in [0.25, 0.3) is 0 Å². The summed E-state index contributed by atoms with van der Waals surface area (Å²) in [5.41, 5.74) is 9.51. The Hall–Kier alpha value is -1.09. The van der Waals surface area contributed by atoms with Gasteiger partial charge in [-0.15, -0.1) is 0 Å². The van der Waals surface area contributed by atoms with Crippen LogP contribution in [0, 0.1) is 0 Å². The van der Waals surface area contributed by atoms with E-state index in [1.807, 2.05) is 0 Å². The summed E-state index contributed by atoms with van der Waals surface area (Å²) in [4.78, 5) is 2.84. The highest BCUT2D eigenvalue weighted by atomic mass is 32.1. The quantitative estimate of drug-likeness (QED) is 0.744. The van der Waals surface area contributed by atoms with Crippen LogP contribution in [0.1, 0.15) is 11.1 Å². The highest BCUT2D eigenvalue weighted by Crippen LogP contribution is 2.27. The fraction of sp³-hybridized carbons (Fsp3) is 0.364. The van der Waals surface area contributed by atoms with Gasteiger partial charge in [0.2, 0.25) is 0 Å². The van der Waals surface area contributed by atoms with Gasteiger partial charge in [0.15, 0.2) is 0 Å². The second-order valence-corrected chi connectivity index (χ2v) is 4.30. The molecule has 0 amide bonds. The van der Waals surface area contributed by atoms with E-state index in [1.165, 1.54) is 16.8 Å². The van der Waals surface area contributed by atoms with E-state index < -0.39 is 0 Å². The first-order chi connectivity index (χ1) is 6.66. The first-order valence-corrected chi connectivity index (χ1v) is 5.19. The molecule has 1 aromatic rings. The Balaban J connectivity index is 2.28. The molecule has 0 aromatic heterocycles. The lowest BCUT2D eigenvalue weighted by atomic mass is 10.1. The molecule has 1 heterocycles. The van der Waals surface area contributed by atoms with Crippen molar-refractivity contribution in [3.63, 3.8) is 0 Å². The van der Waals surface area contributed by atoms with Crippen LogP contribution in [0.15, 0.2) is 18.2 Å². The molecular formula is C11H14N2S. The summed E-state index contributed by atoms with van der Waals surface area (Å²) in [7, 11) is 2.12. The third-order valence-electron chi connectivity index (χ3n) is 2.65. The Morgan fingerprint density at radius 1 is 1.57 bits per heavy atom. The summed E-state index contributed by atoms with van der Waals surface area (Å²) in [6.45, 7) is 1.12. The van der Waals surface area contributed by atoms with Crippen LogP contribution in [0.5, 0.6) is 0 Å². The molecule has 0 aliphatic carbocycles. The molecule has 14 heavy (non-hydrogen) atoms. The molecule has 3 heteroatoms. The molecule has 0 unspecified atom stereocenters. The molecule has 1 aliphatic rings. The van der Waals surface area contributed by atoms with E-state index in [9.17, 15) is 0 Å². The molecule has 0 saturated heterocycles. The van der Waals surface area contributed by atoms with Crippen molar-refractivity contribution in [3.05, 3.63) is 29.3 Å². The number of nitrogens with zero attached hydrogens (tertiary/aromatic N) is 1. The first-order valence-electron chi connectivity index (χ1n) is 4.78. The van der Waals surface area contributed by atoms with Gasteiger partial charge in [-0.2, -0.15) is 0 Å². The van der Waals surface area contributed by atoms with E-state index in [-0.39, 0.29) is 0 Å². The molecule has 2 N–H and O–H groups in total. The Labute approximate surface area is 89.7 Å². The molecule has 2 nitrogen and oxygen atoms in total. The van der Waals surface area contributed by atoms with Crippen LogP contribution < -0.4 is 10.6 Å². The van der Waals surface area contributed by atoms with Gasteiger partial charge in [0.25, 0.3) is 0 Å². The highest BCUT2D eigenvalue weighted by molar-refractivity contribution is 7.80. The minimum atomic E-state index is 0.566. The molecule has 74 valence electrons. The van der Waals surface area contributed by atoms with Crippen molar-refractivity contribution < 1.29 is 0 Å². The van der Waals surface area contributed by atoms with Gasteiger partial charge >= 0.3 is 0 Å². The number of nitrogens with two attached hydrogens (primary N) is 1. The standard InChI is InChI=1S/C11H14N2S/c1-13-5-4-9-6-8(7-11(12)14)2-3-10(9)13/h2-3,6H,4-5,7H2,1H3,(H2,12,14). The minimum absolute atomic E-state index is 0.566. The third kappa shape index (κ3) is 1.73. The van der Waals surface area contributed by atoms with Crippen LogP contribution in [-0.4, -0.2) is 18.6 Å². The Morgan fingerprint density at radius 3 is 3.07 bits per heavy atom. The summed E-state index contributed by atoms with van der Waals surface area (Å²) in [5.74, 6) is 0. The van der Waals surface area contributed by atoms with Crippen LogP contribution in [-0.2, 0) is 12.8 Å². The maximum Gasteiger partial charge on any atom is 0.0771 e. The second-order valence-electron chi connectivity index (χ2n) is 3.78. The number of benzene rings is 1. The molecule has 0 atom stereocenters. The van der Waals surface area contributed by atoms with Crippen molar-refractivity contribution in [3.8, 4) is 0 Å². The molecule has 1 aromatic carbocycles. The van der Waals surface area contributed by atoms with Gasteiger partial charge in [0.1, 0.15) is 0 Å². The maximum absolute atomic E-state index is 5.52. The average Bonchev–Trinajstić information content (AvgIpc) is 2.46. The summed E-state index contributed by atoms with van der Waals surface area (Å²) in [6.07, 6.45) is 1.85. The van der Waals surface area contributed by atoms with Crippen LogP contribution in [0.4, 0.5) is 5.69 Å². The molecular weight excluding hydrogens is 192 g/mol. The number of hydrogen-bond donors (Lipinski definition) is 1. The average molecular weight is 206 g/mol. The summed E-state index contributed by atoms with van der Waals surface area (Å²) < 4.78 is 0. The SMILES string of the molecule is CN1CCc2cc(CC(N)=S)ccc21. The van der Waals surface area contributed by atoms with E-state index >= 15 is 0 Å². The monoisotopic (exact) mass is 206 g/mol. The molecule has 1 aliphatic heterocycles. The lowest BCUT2D eigenvalue weighted by molar-refractivity contribution is 0.956. The van der Waals surface area contributed by atoms with E-state index in [0.29, 0.717) is 11.4 Å². The number of anilines is 1. The summed E-state index contributed by atoms with van der Waals surface area (Å²) in [6, 6.07) is 6.49. The topological polar surface area (TPSA) is 29.3 Å². The number of hydrogen-bond acceptors (Lipinski definition) is 2. The Kier molecular flexibility index (Phi) is 2.42. The van der Waals surface area contributed by atoms with Crippen LogP contribution in [0.3, 0.4) is 0 Å². The van der Waals surface area contributed by atoms with Gasteiger partial charge in [-0.3, -0.25) is 0 Å².